The fraction of sp³-hybridized carbons (Fsp3) is 0.364. The number of hydrogen-bond donors (Lipinski definition) is 1. The van der Waals surface area contributed by atoms with Crippen LogP contribution in [0.3, 0.4) is 0 Å². The summed E-state index contributed by atoms with van der Waals surface area (Å²) in [6, 6.07) is 5.70. The summed E-state index contributed by atoms with van der Waals surface area (Å²) in [6.07, 6.45) is -0.612. The van der Waals surface area contributed by atoms with Gasteiger partial charge in [-0.2, -0.15) is 0 Å². The van der Waals surface area contributed by atoms with Crippen LogP contribution in [0.2, 0.25) is 0 Å². The van der Waals surface area contributed by atoms with Gasteiger partial charge in [-0.15, -0.1) is 0 Å². The van der Waals surface area contributed by atoms with Crippen LogP contribution < -0.4 is 0 Å². The van der Waals surface area contributed by atoms with E-state index in [1.54, 1.807) is 0 Å². The van der Waals surface area contributed by atoms with E-state index in [-0.39, 0.29) is 5.69 Å². The minimum absolute atomic E-state index is 0.0284. The Balaban J connectivity index is 2.86. The lowest BCUT2D eigenvalue weighted by atomic mass is 10.0. The summed E-state index contributed by atoms with van der Waals surface area (Å²) >= 11 is 0. The van der Waals surface area contributed by atoms with Gasteiger partial charge in [-0.1, -0.05) is 13.3 Å². The van der Waals surface area contributed by atoms with Crippen molar-refractivity contribution in [2.45, 2.75) is 25.9 Å². The SMILES string of the molecule is CCCC(OC(=O)O)c1ccc([N+](=O)[O-])cc1. The fourth-order valence-electron chi connectivity index (χ4n) is 1.49. The smallest absolute Gasteiger partial charge is 0.450 e. The van der Waals surface area contributed by atoms with E-state index in [0.717, 1.165) is 6.42 Å². The predicted molar refractivity (Wildman–Crippen MR) is 59.9 cm³/mol. The topological polar surface area (TPSA) is 89.7 Å². The number of nitrogens with zero attached hydrogens (tertiary/aromatic N) is 1. The molecule has 0 fully saturated rings. The number of hydrogen-bond acceptors (Lipinski definition) is 4. The molecule has 0 aliphatic heterocycles. The molecular formula is C11H13NO5. The first-order valence-corrected chi connectivity index (χ1v) is 5.18. The monoisotopic (exact) mass is 239 g/mol. The van der Waals surface area contributed by atoms with E-state index in [1.165, 1.54) is 24.3 Å². The molecule has 1 aromatic rings. The van der Waals surface area contributed by atoms with Crippen molar-refractivity contribution < 1.29 is 19.6 Å². The van der Waals surface area contributed by atoms with Crippen LogP contribution in [0.5, 0.6) is 0 Å². The first-order chi connectivity index (χ1) is 8.04. The number of carboxylic acid groups (broad SMARTS) is 1. The third kappa shape index (κ3) is 3.75. The van der Waals surface area contributed by atoms with E-state index >= 15 is 0 Å². The third-order valence-electron chi connectivity index (χ3n) is 2.27. The number of nitro benzene ring substituents is 1. The van der Waals surface area contributed by atoms with E-state index in [2.05, 4.69) is 0 Å². The first-order valence-electron chi connectivity index (χ1n) is 5.18. The van der Waals surface area contributed by atoms with E-state index < -0.39 is 17.2 Å². The second kappa shape index (κ2) is 5.83. The molecule has 6 nitrogen and oxygen atoms in total. The van der Waals surface area contributed by atoms with Crippen molar-refractivity contribution in [1.82, 2.24) is 0 Å². The van der Waals surface area contributed by atoms with Gasteiger partial charge < -0.3 is 9.84 Å². The summed E-state index contributed by atoms with van der Waals surface area (Å²) in [5, 5.41) is 19.0. The number of nitro groups is 1. The lowest BCUT2D eigenvalue weighted by Gasteiger charge is -2.15. The van der Waals surface area contributed by atoms with Gasteiger partial charge in [0.05, 0.1) is 4.92 Å². The summed E-state index contributed by atoms with van der Waals surface area (Å²) < 4.78 is 4.72. The number of ether oxygens (including phenoxy) is 1. The van der Waals surface area contributed by atoms with E-state index in [4.69, 9.17) is 9.84 Å². The van der Waals surface area contributed by atoms with Crippen molar-refractivity contribution in [3.63, 3.8) is 0 Å². The number of carbonyl (C=O) groups is 1. The van der Waals surface area contributed by atoms with Crippen molar-refractivity contribution >= 4 is 11.8 Å². The highest BCUT2D eigenvalue weighted by atomic mass is 16.7. The molecule has 6 heteroatoms. The second-order valence-electron chi connectivity index (χ2n) is 3.51. The van der Waals surface area contributed by atoms with Crippen molar-refractivity contribution in [3.05, 3.63) is 39.9 Å². The van der Waals surface area contributed by atoms with Gasteiger partial charge in [0, 0.05) is 12.1 Å². The zero-order valence-corrected chi connectivity index (χ0v) is 9.33. The molecule has 0 radical (unpaired) electrons. The maximum absolute atomic E-state index is 10.5. The quantitative estimate of drug-likeness (QED) is 0.484. The maximum atomic E-state index is 10.5. The van der Waals surface area contributed by atoms with Gasteiger partial charge in [-0.25, -0.2) is 4.79 Å². The van der Waals surface area contributed by atoms with Crippen LogP contribution >= 0.6 is 0 Å². The van der Waals surface area contributed by atoms with E-state index in [0.29, 0.717) is 12.0 Å². The van der Waals surface area contributed by atoms with Crippen LogP contribution in [0, 0.1) is 10.1 Å². The minimum Gasteiger partial charge on any atom is -0.450 e. The Labute approximate surface area is 98.0 Å². The average Bonchev–Trinajstić information content (AvgIpc) is 2.28. The zero-order chi connectivity index (χ0) is 12.8. The van der Waals surface area contributed by atoms with Crippen LogP contribution in [0.25, 0.3) is 0 Å². The van der Waals surface area contributed by atoms with Crippen LogP contribution in [0.15, 0.2) is 24.3 Å². The standard InChI is InChI=1S/C11H13NO5/c1-2-3-10(17-11(13)14)8-4-6-9(7-5-8)12(15)16/h4-7,10H,2-3H2,1H3,(H,13,14). The zero-order valence-electron chi connectivity index (χ0n) is 9.33. The fourth-order valence-corrected chi connectivity index (χ4v) is 1.49. The highest BCUT2D eigenvalue weighted by Gasteiger charge is 2.16. The summed E-state index contributed by atoms with van der Waals surface area (Å²) in [5.74, 6) is 0. The number of rotatable bonds is 5. The molecule has 17 heavy (non-hydrogen) atoms. The Morgan fingerprint density at radius 3 is 2.47 bits per heavy atom. The molecule has 1 atom stereocenters. The Hall–Kier alpha value is -2.11. The predicted octanol–water partition coefficient (Wildman–Crippen LogP) is 3.13. The Bertz CT molecular complexity index is 401. The Morgan fingerprint density at radius 2 is 2.06 bits per heavy atom. The van der Waals surface area contributed by atoms with E-state index in [9.17, 15) is 14.9 Å². The molecule has 92 valence electrons. The first kappa shape index (κ1) is 13.0. The second-order valence-corrected chi connectivity index (χ2v) is 3.51. The van der Waals surface area contributed by atoms with Crippen LogP contribution in [0.1, 0.15) is 31.4 Å². The molecule has 0 aromatic heterocycles. The molecule has 1 N–H and O–H groups in total. The molecule has 0 heterocycles. The van der Waals surface area contributed by atoms with Gasteiger partial charge in [-0.3, -0.25) is 10.1 Å². The van der Waals surface area contributed by atoms with Crippen molar-refractivity contribution in [3.8, 4) is 0 Å². The van der Waals surface area contributed by atoms with Gasteiger partial charge in [0.15, 0.2) is 0 Å². The van der Waals surface area contributed by atoms with E-state index in [1.807, 2.05) is 6.92 Å². The summed E-state index contributed by atoms with van der Waals surface area (Å²) in [4.78, 5) is 20.5. The summed E-state index contributed by atoms with van der Waals surface area (Å²) in [5.41, 5.74) is 0.596. The third-order valence-corrected chi connectivity index (χ3v) is 2.27. The van der Waals surface area contributed by atoms with Gasteiger partial charge in [0.1, 0.15) is 6.10 Å². The molecule has 0 saturated heterocycles. The molecule has 0 aliphatic rings. The summed E-state index contributed by atoms with van der Waals surface area (Å²) in [7, 11) is 0. The molecule has 1 unspecified atom stereocenters. The molecule has 0 aliphatic carbocycles. The van der Waals surface area contributed by atoms with Crippen LogP contribution in [-0.2, 0) is 4.74 Å². The molecular weight excluding hydrogens is 226 g/mol. The average molecular weight is 239 g/mol. The molecule has 0 spiro atoms. The normalized spacial score (nSPS) is 11.8. The van der Waals surface area contributed by atoms with Crippen LogP contribution in [0.4, 0.5) is 10.5 Å². The Morgan fingerprint density at radius 1 is 1.47 bits per heavy atom. The molecule has 0 saturated carbocycles. The number of benzene rings is 1. The van der Waals surface area contributed by atoms with Gasteiger partial charge in [0.25, 0.3) is 5.69 Å². The van der Waals surface area contributed by atoms with Crippen molar-refractivity contribution in [2.75, 3.05) is 0 Å². The minimum atomic E-state index is -1.35. The van der Waals surface area contributed by atoms with Gasteiger partial charge in [-0.05, 0) is 24.1 Å². The number of non-ortho nitro benzene ring substituents is 1. The van der Waals surface area contributed by atoms with Crippen molar-refractivity contribution in [2.24, 2.45) is 0 Å². The van der Waals surface area contributed by atoms with Crippen molar-refractivity contribution in [1.29, 1.82) is 0 Å². The lowest BCUT2D eigenvalue weighted by molar-refractivity contribution is -0.384. The summed E-state index contributed by atoms with van der Waals surface area (Å²) in [6.45, 7) is 1.91. The van der Waals surface area contributed by atoms with Gasteiger partial charge >= 0.3 is 6.16 Å². The highest BCUT2D eigenvalue weighted by Crippen LogP contribution is 2.24. The highest BCUT2D eigenvalue weighted by molar-refractivity contribution is 5.57. The molecule has 0 bridgehead atoms. The molecule has 0 amide bonds. The van der Waals surface area contributed by atoms with Gasteiger partial charge in [0.2, 0.25) is 0 Å². The lowest BCUT2D eigenvalue weighted by Crippen LogP contribution is -2.09. The Kier molecular flexibility index (Phi) is 4.45. The largest absolute Gasteiger partial charge is 0.506 e. The molecule has 1 rings (SSSR count). The van der Waals surface area contributed by atoms with Crippen LogP contribution in [-0.4, -0.2) is 16.2 Å². The molecule has 1 aromatic carbocycles. The maximum Gasteiger partial charge on any atom is 0.506 e.